The van der Waals surface area contributed by atoms with Gasteiger partial charge in [0.15, 0.2) is 0 Å². The van der Waals surface area contributed by atoms with E-state index in [1.807, 2.05) is 4.93 Å². The minimum atomic E-state index is -1.71. The summed E-state index contributed by atoms with van der Waals surface area (Å²) in [4.78, 5) is 2.05. The van der Waals surface area contributed by atoms with E-state index < -0.39 is 9.73 Å². The summed E-state index contributed by atoms with van der Waals surface area (Å²) in [7, 11) is -1.71. The Bertz CT molecular complexity index is 203. The Hall–Kier alpha value is 0.680. The monoisotopic (exact) mass is 260 g/mol. The van der Waals surface area contributed by atoms with Crippen molar-refractivity contribution in [3.63, 3.8) is 0 Å². The van der Waals surface area contributed by atoms with E-state index in [2.05, 4.69) is 2.58 Å². The van der Waals surface area contributed by atoms with Crippen molar-refractivity contribution in [3.05, 3.63) is 0 Å². The van der Waals surface area contributed by atoms with Crippen molar-refractivity contribution in [2.45, 2.75) is 18.1 Å². The van der Waals surface area contributed by atoms with Crippen LogP contribution in [0.3, 0.4) is 0 Å². The average Bonchev–Trinajstić information content (AvgIpc) is 2.41. The molecule has 1 aliphatic rings. The minimum absolute atomic E-state index is 0.126. The Labute approximate surface area is 67.2 Å². The molecule has 1 aliphatic carbocycles. The molecule has 0 bridgehead atoms. The molecule has 56 valence electrons. The third-order valence-corrected chi connectivity index (χ3v) is 7.00. The predicted molar refractivity (Wildman–Crippen MR) is 35.4 cm³/mol. The molecule has 1 unspecified atom stereocenters. The van der Waals surface area contributed by atoms with Crippen LogP contribution < -0.4 is 21.5 Å². The molecular formula is C5H11INOS-. The van der Waals surface area contributed by atoms with Crippen molar-refractivity contribution >= 4 is 9.73 Å². The van der Waals surface area contributed by atoms with E-state index in [9.17, 15) is 4.21 Å². The predicted octanol–water partition coefficient (Wildman–Crippen LogP) is -2.12. The number of nitrogens with zero attached hydrogens (tertiary/aromatic N) is 1. The van der Waals surface area contributed by atoms with E-state index in [0.29, 0.717) is 5.25 Å². The number of hydrogen-bond acceptors (Lipinski definition) is 2. The van der Waals surface area contributed by atoms with Gasteiger partial charge in [-0.2, -0.15) is 0 Å². The third kappa shape index (κ3) is 2.07. The molecule has 0 amide bonds. The van der Waals surface area contributed by atoms with Gasteiger partial charge in [0, 0.05) is 0 Å². The Morgan fingerprint density at radius 3 is 2.56 bits per heavy atom. The summed E-state index contributed by atoms with van der Waals surface area (Å²) in [6.07, 6.45) is 4.08. The fourth-order valence-corrected chi connectivity index (χ4v) is 5.41. The first kappa shape index (κ1) is 7.78. The molecule has 4 heteroatoms. The molecule has 0 radical (unpaired) electrons. The first-order valence-electron chi connectivity index (χ1n) is 2.86. The second-order valence-corrected chi connectivity index (χ2v) is 6.97. The maximum absolute atomic E-state index is 11.4. The maximum atomic E-state index is 11.4. The van der Waals surface area contributed by atoms with Crippen molar-refractivity contribution < 1.29 is 25.7 Å². The second kappa shape index (κ2) is 2.74. The van der Waals surface area contributed by atoms with Gasteiger partial charge in [0.05, 0.1) is 0 Å². The topological polar surface area (TPSA) is 29.4 Å². The third-order valence-electron chi connectivity index (χ3n) is 1.35. The average molecular weight is 260 g/mol. The summed E-state index contributed by atoms with van der Waals surface area (Å²) < 4.78 is 15.6. The molecule has 1 saturated carbocycles. The second-order valence-electron chi connectivity index (χ2n) is 2.30. The van der Waals surface area contributed by atoms with Gasteiger partial charge in [-0.05, 0) is 0 Å². The van der Waals surface area contributed by atoms with Gasteiger partial charge in [-0.25, -0.2) is 0 Å². The van der Waals surface area contributed by atoms with Crippen LogP contribution in [0.5, 0.6) is 0 Å². The van der Waals surface area contributed by atoms with Gasteiger partial charge >= 0.3 is 67.3 Å². The van der Waals surface area contributed by atoms with Crippen molar-refractivity contribution in [1.82, 2.24) is 0 Å². The molecule has 0 aromatic carbocycles. The Morgan fingerprint density at radius 2 is 2.22 bits per heavy atom. The van der Waals surface area contributed by atoms with Gasteiger partial charge in [0.2, 0.25) is 0 Å². The van der Waals surface area contributed by atoms with Gasteiger partial charge in [-0.15, -0.1) is 0 Å². The Kier molecular flexibility index (Phi) is 2.37. The van der Waals surface area contributed by atoms with Crippen LogP contribution in [0.15, 0.2) is 2.58 Å². The van der Waals surface area contributed by atoms with Crippen LogP contribution >= 0.6 is 0 Å². The summed E-state index contributed by atoms with van der Waals surface area (Å²) in [5.74, 6) is 0. The summed E-state index contributed by atoms with van der Waals surface area (Å²) in [5, 5.41) is 0.456. The molecule has 2 nitrogen and oxygen atoms in total. The van der Waals surface area contributed by atoms with Gasteiger partial charge in [-0.1, -0.05) is 0 Å². The quantitative estimate of drug-likeness (QED) is 0.412. The van der Waals surface area contributed by atoms with Crippen LogP contribution in [-0.4, -0.2) is 20.6 Å². The summed E-state index contributed by atoms with van der Waals surface area (Å²) in [6.45, 7) is 0. The van der Waals surface area contributed by atoms with E-state index in [1.165, 1.54) is 0 Å². The molecule has 0 spiro atoms. The molecule has 0 saturated heterocycles. The zero-order chi connectivity index (χ0) is 6.91. The molecule has 0 aliphatic heterocycles. The SMILES string of the molecule is C[I-]N=S(C)(=O)C1CC1. The van der Waals surface area contributed by atoms with E-state index in [-0.39, 0.29) is 21.5 Å². The van der Waals surface area contributed by atoms with E-state index >= 15 is 0 Å². The van der Waals surface area contributed by atoms with Crippen molar-refractivity contribution in [2.75, 3.05) is 11.2 Å². The van der Waals surface area contributed by atoms with Gasteiger partial charge in [0.1, 0.15) is 0 Å². The molecular weight excluding hydrogens is 249 g/mol. The number of halogens is 1. The normalized spacial score (nSPS) is 25.6. The first-order valence-corrected chi connectivity index (χ1v) is 7.97. The van der Waals surface area contributed by atoms with Crippen LogP contribution in [0.1, 0.15) is 12.8 Å². The molecule has 1 rings (SSSR count). The molecule has 1 fully saturated rings. The van der Waals surface area contributed by atoms with E-state index in [0.717, 1.165) is 12.8 Å². The van der Waals surface area contributed by atoms with E-state index in [4.69, 9.17) is 0 Å². The molecule has 0 aromatic heterocycles. The number of hydrogen-bond donors (Lipinski definition) is 0. The zero-order valence-corrected chi connectivity index (χ0v) is 8.61. The molecule has 0 heterocycles. The van der Waals surface area contributed by atoms with Gasteiger partial charge in [-0.3, -0.25) is 0 Å². The summed E-state index contributed by atoms with van der Waals surface area (Å²) in [6, 6.07) is 0. The van der Waals surface area contributed by atoms with E-state index in [1.54, 1.807) is 6.26 Å². The van der Waals surface area contributed by atoms with Crippen LogP contribution in [0, 0.1) is 0 Å². The molecule has 0 aromatic rings. The fourth-order valence-electron chi connectivity index (χ4n) is 0.699. The van der Waals surface area contributed by atoms with Crippen molar-refractivity contribution in [2.24, 2.45) is 2.58 Å². The van der Waals surface area contributed by atoms with Crippen LogP contribution in [0.2, 0.25) is 0 Å². The Morgan fingerprint density at radius 1 is 1.67 bits per heavy atom. The van der Waals surface area contributed by atoms with Crippen LogP contribution in [0.4, 0.5) is 0 Å². The van der Waals surface area contributed by atoms with Gasteiger partial charge in [0.25, 0.3) is 0 Å². The Balaban J connectivity index is 2.71. The summed E-state index contributed by atoms with van der Waals surface area (Å²) in [5.41, 5.74) is 0. The standard InChI is InChI=1S/C5H11INOS/c1-6-7-9(2,8)5-3-4-5/h5H,3-4H2,1-2H3/q-1. The zero-order valence-electron chi connectivity index (χ0n) is 5.63. The number of alkyl halides is 1. The molecule has 0 N–H and O–H groups in total. The number of rotatable bonds is 2. The first-order chi connectivity index (χ1) is 4.17. The molecule has 1 atom stereocenters. The molecule has 9 heavy (non-hydrogen) atoms. The van der Waals surface area contributed by atoms with Gasteiger partial charge < -0.3 is 0 Å². The van der Waals surface area contributed by atoms with Crippen LogP contribution in [-0.2, 0) is 9.73 Å². The summed E-state index contributed by atoms with van der Waals surface area (Å²) >= 11 is -0.126. The van der Waals surface area contributed by atoms with Crippen molar-refractivity contribution in [1.29, 1.82) is 0 Å². The fraction of sp³-hybridized carbons (Fsp3) is 1.00. The van der Waals surface area contributed by atoms with Crippen LogP contribution in [0.25, 0.3) is 0 Å². The van der Waals surface area contributed by atoms with Crippen molar-refractivity contribution in [3.8, 4) is 0 Å².